The number of amides is 2. The first-order valence-electron chi connectivity index (χ1n) is 17.2. The second-order valence-corrected chi connectivity index (χ2v) is 14.0. The van der Waals surface area contributed by atoms with Gasteiger partial charge >= 0.3 is 6.03 Å². The highest BCUT2D eigenvalue weighted by atomic mass is 35.5. The van der Waals surface area contributed by atoms with E-state index in [1.165, 1.54) is 15.9 Å². The molecule has 0 radical (unpaired) electrons. The fourth-order valence-corrected chi connectivity index (χ4v) is 7.25. The maximum absolute atomic E-state index is 12.7. The fourth-order valence-electron chi connectivity index (χ4n) is 4.80. The lowest BCUT2D eigenvalue weighted by Gasteiger charge is -2.31. The minimum atomic E-state index is -0.446. The number of rotatable bonds is 15. The molecule has 0 spiro atoms. The number of urea groups is 1. The van der Waals surface area contributed by atoms with Gasteiger partial charge in [-0.1, -0.05) is 174 Å². The maximum Gasteiger partial charge on any atom is 0.319 e. The summed E-state index contributed by atoms with van der Waals surface area (Å²) in [6.07, 6.45) is 9.07. The lowest BCUT2D eigenvalue weighted by atomic mass is 10.2. The summed E-state index contributed by atoms with van der Waals surface area (Å²) >= 11 is 5.54. The average molecular weight is 659 g/mol. The summed E-state index contributed by atoms with van der Waals surface area (Å²) in [5, 5.41) is 4.99. The molecular formula is C41H56ClN2OP. The van der Waals surface area contributed by atoms with Crippen LogP contribution in [-0.2, 0) is 0 Å². The number of nitrogens with zero attached hydrogens (tertiary/aromatic N) is 2. The molecule has 5 heteroatoms. The minimum Gasteiger partial charge on any atom is -0.325 e. The van der Waals surface area contributed by atoms with E-state index in [0.29, 0.717) is 0 Å². The molecule has 4 aromatic rings. The van der Waals surface area contributed by atoms with E-state index >= 15 is 0 Å². The third kappa shape index (κ3) is 15.4. The van der Waals surface area contributed by atoms with Crippen molar-refractivity contribution >= 4 is 41.5 Å². The van der Waals surface area contributed by atoms with E-state index in [0.717, 1.165) is 82.6 Å². The number of halogens is 1. The van der Waals surface area contributed by atoms with Crippen LogP contribution in [0.15, 0.2) is 121 Å². The predicted octanol–water partition coefficient (Wildman–Crippen LogP) is 10.7. The SMILES string of the molecule is CCCCN(CCCC)C(=O)N(CCCC)CCCC.Clc1ccccc1.c1ccc(P(c2ccccc2)c2ccccc2)cc1. The molecule has 0 saturated carbocycles. The molecule has 0 fully saturated rings. The van der Waals surface area contributed by atoms with Crippen molar-refractivity contribution in [2.45, 2.75) is 79.1 Å². The van der Waals surface area contributed by atoms with E-state index in [4.69, 9.17) is 11.6 Å². The van der Waals surface area contributed by atoms with Crippen LogP contribution in [0.1, 0.15) is 79.1 Å². The van der Waals surface area contributed by atoms with Crippen LogP contribution >= 0.6 is 19.5 Å². The highest BCUT2D eigenvalue weighted by Crippen LogP contribution is 2.32. The normalized spacial score (nSPS) is 10.3. The van der Waals surface area contributed by atoms with Crippen molar-refractivity contribution in [3.63, 3.8) is 0 Å². The molecule has 0 heterocycles. The first-order chi connectivity index (χ1) is 22.5. The monoisotopic (exact) mass is 658 g/mol. The van der Waals surface area contributed by atoms with Crippen molar-refractivity contribution in [1.82, 2.24) is 9.80 Å². The Morgan fingerprint density at radius 3 is 0.957 bits per heavy atom. The van der Waals surface area contributed by atoms with Crippen LogP contribution in [-0.4, -0.2) is 42.0 Å². The van der Waals surface area contributed by atoms with Gasteiger partial charge in [0.25, 0.3) is 0 Å². The number of carbonyl (C=O) groups is 1. The molecule has 3 nitrogen and oxygen atoms in total. The van der Waals surface area contributed by atoms with Crippen molar-refractivity contribution in [3.8, 4) is 0 Å². The topological polar surface area (TPSA) is 23.6 Å². The Labute approximate surface area is 286 Å². The first-order valence-corrected chi connectivity index (χ1v) is 19.0. The highest BCUT2D eigenvalue weighted by Gasteiger charge is 2.19. The average Bonchev–Trinajstić information content (AvgIpc) is 3.11. The van der Waals surface area contributed by atoms with E-state index in [1.807, 2.05) is 30.3 Å². The van der Waals surface area contributed by atoms with E-state index in [1.54, 1.807) is 0 Å². The van der Waals surface area contributed by atoms with E-state index in [2.05, 4.69) is 128 Å². The van der Waals surface area contributed by atoms with Crippen LogP contribution in [0, 0.1) is 0 Å². The zero-order chi connectivity index (χ0) is 33.2. The van der Waals surface area contributed by atoms with Crippen molar-refractivity contribution in [2.75, 3.05) is 26.2 Å². The number of unbranched alkanes of at least 4 members (excludes halogenated alkanes) is 4. The van der Waals surface area contributed by atoms with Gasteiger partial charge in [0.1, 0.15) is 0 Å². The zero-order valence-corrected chi connectivity index (χ0v) is 30.3. The van der Waals surface area contributed by atoms with Gasteiger partial charge in [0.2, 0.25) is 0 Å². The van der Waals surface area contributed by atoms with Crippen LogP contribution in [0.25, 0.3) is 0 Å². The van der Waals surface area contributed by atoms with Crippen LogP contribution in [0.2, 0.25) is 5.02 Å². The Morgan fingerprint density at radius 2 is 0.739 bits per heavy atom. The van der Waals surface area contributed by atoms with Crippen LogP contribution in [0.5, 0.6) is 0 Å². The van der Waals surface area contributed by atoms with Crippen molar-refractivity contribution in [2.24, 2.45) is 0 Å². The van der Waals surface area contributed by atoms with Gasteiger partial charge in [-0.25, -0.2) is 4.79 Å². The van der Waals surface area contributed by atoms with Gasteiger partial charge in [0, 0.05) is 31.2 Å². The lowest BCUT2D eigenvalue weighted by Crippen LogP contribution is -2.45. The second-order valence-electron chi connectivity index (χ2n) is 11.3. The summed E-state index contributed by atoms with van der Waals surface area (Å²) in [5.41, 5.74) is 0. The van der Waals surface area contributed by atoms with Gasteiger partial charge < -0.3 is 9.80 Å². The van der Waals surface area contributed by atoms with Crippen molar-refractivity contribution in [1.29, 1.82) is 0 Å². The standard InChI is InChI=1S/C18H15P.C17H36N2O.C6H5Cl/c1-4-10-16(11-5-1)19(17-12-6-2-7-13-17)18-14-8-3-9-15-18;1-5-9-13-18(14-10-6-2)17(20)19(15-11-7-3)16-12-8-4;7-6-4-2-1-3-5-6/h1-15H;5-16H2,1-4H3;1-5H. The van der Waals surface area contributed by atoms with E-state index in [9.17, 15) is 4.79 Å². The number of hydrogen-bond acceptors (Lipinski definition) is 1. The number of carbonyl (C=O) groups excluding carboxylic acids is 1. The van der Waals surface area contributed by atoms with Crippen LogP contribution in [0.3, 0.4) is 0 Å². The summed E-state index contributed by atoms with van der Waals surface area (Å²) in [6, 6.07) is 42.0. The molecule has 0 aliphatic rings. The molecule has 248 valence electrons. The van der Waals surface area contributed by atoms with Gasteiger partial charge in [-0.3, -0.25) is 0 Å². The highest BCUT2D eigenvalue weighted by molar-refractivity contribution is 7.79. The van der Waals surface area contributed by atoms with Crippen molar-refractivity contribution < 1.29 is 4.79 Å². The van der Waals surface area contributed by atoms with Gasteiger partial charge in [0.05, 0.1) is 0 Å². The number of hydrogen-bond donors (Lipinski definition) is 0. The maximum atomic E-state index is 12.7. The molecule has 0 bridgehead atoms. The van der Waals surface area contributed by atoms with Gasteiger partial charge in [-0.05, 0) is 61.7 Å². The second kappa shape index (κ2) is 25.0. The summed E-state index contributed by atoms with van der Waals surface area (Å²) in [5.74, 6) is 0. The molecule has 0 N–H and O–H groups in total. The summed E-state index contributed by atoms with van der Waals surface area (Å²) in [6.45, 7) is 12.4. The Balaban J connectivity index is 0.000000264. The lowest BCUT2D eigenvalue weighted by molar-refractivity contribution is 0.149. The van der Waals surface area contributed by atoms with Gasteiger partial charge in [0.15, 0.2) is 0 Å². The largest absolute Gasteiger partial charge is 0.325 e. The van der Waals surface area contributed by atoms with Crippen molar-refractivity contribution in [3.05, 3.63) is 126 Å². The number of benzene rings is 4. The zero-order valence-electron chi connectivity index (χ0n) is 28.7. The summed E-state index contributed by atoms with van der Waals surface area (Å²) < 4.78 is 0. The third-order valence-corrected chi connectivity index (χ3v) is 10.1. The molecule has 46 heavy (non-hydrogen) atoms. The summed E-state index contributed by atoms with van der Waals surface area (Å²) in [7, 11) is -0.446. The van der Waals surface area contributed by atoms with Gasteiger partial charge in [-0.15, -0.1) is 0 Å². The van der Waals surface area contributed by atoms with Crippen LogP contribution < -0.4 is 15.9 Å². The van der Waals surface area contributed by atoms with Crippen LogP contribution in [0.4, 0.5) is 4.79 Å². The van der Waals surface area contributed by atoms with E-state index < -0.39 is 7.92 Å². The molecule has 0 unspecified atom stereocenters. The quantitative estimate of drug-likeness (QED) is 0.117. The molecule has 0 aromatic heterocycles. The Bertz CT molecular complexity index is 1140. The smallest absolute Gasteiger partial charge is 0.319 e. The Kier molecular flexibility index (Phi) is 21.2. The molecule has 0 saturated heterocycles. The summed E-state index contributed by atoms with van der Waals surface area (Å²) in [4.78, 5) is 16.9. The predicted molar refractivity (Wildman–Crippen MR) is 205 cm³/mol. The minimum absolute atomic E-state index is 0.272. The Morgan fingerprint density at radius 1 is 0.478 bits per heavy atom. The molecule has 0 aliphatic heterocycles. The molecule has 4 aromatic carbocycles. The van der Waals surface area contributed by atoms with E-state index in [-0.39, 0.29) is 6.03 Å². The molecule has 2 amide bonds. The van der Waals surface area contributed by atoms with Gasteiger partial charge in [-0.2, -0.15) is 0 Å². The Hall–Kier alpha value is -3.13. The molecule has 0 aliphatic carbocycles. The first kappa shape index (κ1) is 39.1. The fraction of sp³-hybridized carbons (Fsp3) is 0.390. The molecular weight excluding hydrogens is 603 g/mol. The molecule has 0 atom stereocenters. The molecule has 4 rings (SSSR count). The third-order valence-electron chi connectivity index (χ3n) is 7.44.